The summed E-state index contributed by atoms with van der Waals surface area (Å²) in [6.07, 6.45) is 1.00. The zero-order valence-corrected chi connectivity index (χ0v) is 20.9. The van der Waals surface area contributed by atoms with Gasteiger partial charge in [0.05, 0.1) is 16.6 Å². The summed E-state index contributed by atoms with van der Waals surface area (Å²) in [5, 5.41) is 0.341. The number of rotatable bonds is 8. The van der Waals surface area contributed by atoms with E-state index in [1.54, 1.807) is 25.1 Å². The summed E-state index contributed by atoms with van der Waals surface area (Å²) >= 11 is 5.94. The molecule has 0 saturated carbocycles. The van der Waals surface area contributed by atoms with E-state index in [1.807, 2.05) is 18.2 Å². The van der Waals surface area contributed by atoms with E-state index in [2.05, 4.69) is 0 Å². The zero-order chi connectivity index (χ0) is 25.9. The Balaban J connectivity index is 1.79. The van der Waals surface area contributed by atoms with Crippen molar-refractivity contribution < 1.29 is 21.6 Å². The van der Waals surface area contributed by atoms with Gasteiger partial charge in [0.1, 0.15) is 17.5 Å². The highest BCUT2D eigenvalue weighted by atomic mass is 35.5. The van der Waals surface area contributed by atoms with Crippen molar-refractivity contribution >= 4 is 27.3 Å². The number of benzene rings is 4. The summed E-state index contributed by atoms with van der Waals surface area (Å²) in [6, 6.07) is 20.7. The third kappa shape index (κ3) is 5.58. The Hall–Kier alpha value is -3.29. The van der Waals surface area contributed by atoms with E-state index in [9.17, 15) is 21.6 Å². The van der Waals surface area contributed by atoms with Crippen molar-refractivity contribution in [1.29, 1.82) is 0 Å². The molecular formula is C28H23ClF3NO2S. The van der Waals surface area contributed by atoms with Crippen LogP contribution in [0.3, 0.4) is 0 Å². The van der Waals surface area contributed by atoms with E-state index < -0.39 is 33.4 Å². The fourth-order valence-corrected chi connectivity index (χ4v) is 5.95. The average Bonchev–Trinajstić information content (AvgIpc) is 2.85. The Morgan fingerprint density at radius 1 is 0.806 bits per heavy atom. The van der Waals surface area contributed by atoms with Gasteiger partial charge in [-0.3, -0.25) is 4.31 Å². The van der Waals surface area contributed by atoms with E-state index in [1.165, 1.54) is 36.4 Å². The summed E-state index contributed by atoms with van der Waals surface area (Å²) in [6.45, 7) is 1.62. The Morgan fingerprint density at radius 2 is 1.50 bits per heavy atom. The topological polar surface area (TPSA) is 37.4 Å². The largest absolute Gasteiger partial charge is 0.264 e. The van der Waals surface area contributed by atoms with Crippen LogP contribution in [0.25, 0.3) is 0 Å². The molecule has 0 aliphatic carbocycles. The molecule has 186 valence electrons. The molecule has 0 bridgehead atoms. The first-order valence-corrected chi connectivity index (χ1v) is 13.1. The second-order valence-corrected chi connectivity index (χ2v) is 10.6. The number of aryl methyl sites for hydroxylation is 2. The van der Waals surface area contributed by atoms with E-state index >= 15 is 0 Å². The minimum atomic E-state index is -4.33. The molecule has 0 spiro atoms. The van der Waals surface area contributed by atoms with Crippen LogP contribution in [0.2, 0.25) is 5.02 Å². The van der Waals surface area contributed by atoms with Crippen LogP contribution in [0.1, 0.15) is 29.7 Å². The SMILES string of the molecule is C[C@H](c1ccccc1CCc1cccc(F)c1)N(c1cc(F)ccc1F)S(=O)(=O)c1ccc(Cl)cc1. The smallest absolute Gasteiger partial charge is 0.256 e. The maximum atomic E-state index is 15.0. The molecule has 0 unspecified atom stereocenters. The van der Waals surface area contributed by atoms with Gasteiger partial charge in [-0.2, -0.15) is 0 Å². The van der Waals surface area contributed by atoms with Gasteiger partial charge in [0.25, 0.3) is 10.0 Å². The van der Waals surface area contributed by atoms with Crippen molar-refractivity contribution in [2.45, 2.75) is 30.7 Å². The molecule has 36 heavy (non-hydrogen) atoms. The molecule has 4 aromatic rings. The molecule has 4 rings (SSSR count). The van der Waals surface area contributed by atoms with E-state index in [0.717, 1.165) is 33.6 Å². The van der Waals surface area contributed by atoms with Gasteiger partial charge in [0.2, 0.25) is 0 Å². The molecule has 0 aliphatic heterocycles. The molecule has 8 heteroatoms. The molecule has 0 fully saturated rings. The third-order valence-electron chi connectivity index (χ3n) is 5.95. The Bertz CT molecular complexity index is 1480. The Morgan fingerprint density at radius 3 is 2.22 bits per heavy atom. The highest BCUT2D eigenvalue weighted by Gasteiger charge is 2.33. The van der Waals surface area contributed by atoms with Gasteiger partial charge in [0, 0.05) is 11.1 Å². The molecule has 0 aromatic heterocycles. The lowest BCUT2D eigenvalue weighted by atomic mass is 9.96. The van der Waals surface area contributed by atoms with Crippen LogP contribution in [0.5, 0.6) is 0 Å². The minimum absolute atomic E-state index is 0.111. The molecule has 0 amide bonds. The lowest BCUT2D eigenvalue weighted by Gasteiger charge is -2.32. The number of halogens is 4. The minimum Gasteiger partial charge on any atom is -0.256 e. The van der Waals surface area contributed by atoms with Crippen LogP contribution in [0.4, 0.5) is 18.9 Å². The van der Waals surface area contributed by atoms with Gasteiger partial charge in [-0.15, -0.1) is 0 Å². The standard InChI is InChI=1S/C28H23ClF3NO2S/c1-19(26-8-3-2-6-21(26)10-9-20-5-4-7-23(30)17-20)33(28-18-24(31)13-16-27(28)32)36(34,35)25-14-11-22(29)12-15-25/h2-8,11-19H,9-10H2,1H3/t19-/m1/s1. The molecule has 0 heterocycles. The first-order chi connectivity index (χ1) is 17.2. The zero-order valence-electron chi connectivity index (χ0n) is 19.3. The van der Waals surface area contributed by atoms with Crippen molar-refractivity contribution in [3.05, 3.63) is 130 Å². The number of sulfonamides is 1. The van der Waals surface area contributed by atoms with Crippen molar-refractivity contribution in [2.24, 2.45) is 0 Å². The fraction of sp³-hybridized carbons (Fsp3) is 0.143. The number of anilines is 1. The highest BCUT2D eigenvalue weighted by Crippen LogP contribution is 2.37. The van der Waals surface area contributed by atoms with Crippen molar-refractivity contribution in [3.63, 3.8) is 0 Å². The van der Waals surface area contributed by atoms with Crippen LogP contribution in [0.15, 0.2) is 95.9 Å². The Kier molecular flexibility index (Phi) is 7.71. The van der Waals surface area contributed by atoms with Crippen molar-refractivity contribution in [2.75, 3.05) is 4.31 Å². The van der Waals surface area contributed by atoms with Gasteiger partial charge in [-0.1, -0.05) is 48.0 Å². The molecule has 3 nitrogen and oxygen atoms in total. The van der Waals surface area contributed by atoms with E-state index in [0.29, 0.717) is 23.4 Å². The molecule has 4 aromatic carbocycles. The molecule has 0 aliphatic rings. The first kappa shape index (κ1) is 25.8. The summed E-state index contributed by atoms with van der Waals surface area (Å²) < 4.78 is 71.3. The number of hydrogen-bond acceptors (Lipinski definition) is 2. The predicted octanol–water partition coefficient (Wildman–Crippen LogP) is 7.50. The van der Waals surface area contributed by atoms with Crippen molar-refractivity contribution in [1.82, 2.24) is 0 Å². The lowest BCUT2D eigenvalue weighted by Crippen LogP contribution is -2.35. The summed E-state index contributed by atoms with van der Waals surface area (Å²) in [7, 11) is -4.33. The molecule has 0 saturated heterocycles. The predicted molar refractivity (Wildman–Crippen MR) is 136 cm³/mol. The quantitative estimate of drug-likeness (QED) is 0.237. The van der Waals surface area contributed by atoms with Gasteiger partial charge >= 0.3 is 0 Å². The van der Waals surface area contributed by atoms with Crippen LogP contribution >= 0.6 is 11.6 Å². The van der Waals surface area contributed by atoms with Crippen LogP contribution in [-0.2, 0) is 22.9 Å². The third-order valence-corrected chi connectivity index (χ3v) is 8.10. The molecule has 0 radical (unpaired) electrons. The average molecular weight is 530 g/mol. The van der Waals surface area contributed by atoms with Crippen LogP contribution in [-0.4, -0.2) is 8.42 Å². The number of nitrogens with zero attached hydrogens (tertiary/aromatic N) is 1. The Labute approximate surface area is 213 Å². The molecular weight excluding hydrogens is 507 g/mol. The van der Waals surface area contributed by atoms with Crippen LogP contribution < -0.4 is 4.31 Å². The monoisotopic (exact) mass is 529 g/mol. The number of hydrogen-bond donors (Lipinski definition) is 0. The summed E-state index contributed by atoms with van der Waals surface area (Å²) in [5.41, 5.74) is 1.81. The second-order valence-electron chi connectivity index (χ2n) is 8.36. The van der Waals surface area contributed by atoms with Crippen molar-refractivity contribution in [3.8, 4) is 0 Å². The van der Waals surface area contributed by atoms with Crippen LogP contribution in [0, 0.1) is 17.5 Å². The molecule has 0 N–H and O–H groups in total. The summed E-state index contributed by atoms with van der Waals surface area (Å²) in [5.74, 6) is -1.98. The van der Waals surface area contributed by atoms with Gasteiger partial charge in [-0.25, -0.2) is 21.6 Å². The van der Waals surface area contributed by atoms with E-state index in [4.69, 9.17) is 11.6 Å². The summed E-state index contributed by atoms with van der Waals surface area (Å²) in [4.78, 5) is -0.111. The normalized spacial score (nSPS) is 12.4. The molecule has 1 atom stereocenters. The maximum Gasteiger partial charge on any atom is 0.264 e. The second kappa shape index (κ2) is 10.8. The lowest BCUT2D eigenvalue weighted by molar-refractivity contribution is 0.569. The fourth-order valence-electron chi connectivity index (χ4n) is 4.19. The van der Waals surface area contributed by atoms with Gasteiger partial charge in [0.15, 0.2) is 0 Å². The maximum absolute atomic E-state index is 15.0. The van der Waals surface area contributed by atoms with Gasteiger partial charge in [-0.05, 0) is 85.0 Å². The van der Waals surface area contributed by atoms with E-state index in [-0.39, 0.29) is 10.7 Å². The first-order valence-electron chi connectivity index (χ1n) is 11.2. The highest BCUT2D eigenvalue weighted by molar-refractivity contribution is 7.92. The van der Waals surface area contributed by atoms with Gasteiger partial charge < -0.3 is 0 Å².